The van der Waals surface area contributed by atoms with Gasteiger partial charge < -0.3 is 15.0 Å². The van der Waals surface area contributed by atoms with Gasteiger partial charge in [-0.3, -0.25) is 19.2 Å². The molecule has 0 bridgehead atoms. The molecule has 7 nitrogen and oxygen atoms in total. The number of hydrogen-bond acceptors (Lipinski definition) is 6. The van der Waals surface area contributed by atoms with E-state index in [0.29, 0.717) is 45.7 Å². The number of ether oxygens (including phenoxy) is 1. The minimum Gasteiger partial charge on any atom is -0.495 e. The van der Waals surface area contributed by atoms with Crippen LogP contribution in [0.5, 0.6) is 0 Å². The molecule has 1 N–H and O–H groups in total. The fraction of sp³-hybridized carbons (Fsp3) is 0.161. The van der Waals surface area contributed by atoms with Crippen molar-refractivity contribution in [1.82, 2.24) is 4.90 Å². The fourth-order valence-electron chi connectivity index (χ4n) is 4.06. The second kappa shape index (κ2) is 13.9. The van der Waals surface area contributed by atoms with Crippen LogP contribution in [0.3, 0.4) is 0 Å². The molecule has 3 aromatic carbocycles. The van der Waals surface area contributed by atoms with Gasteiger partial charge in [0.2, 0.25) is 5.91 Å². The second-order valence-electron chi connectivity index (χ2n) is 8.76. The number of carbonyl (C=O) groups is 4. The number of ketones is 1. The molecule has 200 valence electrons. The average Bonchev–Trinajstić information content (AvgIpc) is 2.94. The summed E-state index contributed by atoms with van der Waals surface area (Å²) in [7, 11) is 3.17. The van der Waals surface area contributed by atoms with Crippen molar-refractivity contribution in [1.29, 1.82) is 0 Å². The third-order valence-electron chi connectivity index (χ3n) is 6.07. The van der Waals surface area contributed by atoms with Crippen LogP contribution >= 0.6 is 11.6 Å². The maximum absolute atomic E-state index is 13.5. The Kier molecular flexibility index (Phi) is 10.3. The Morgan fingerprint density at radius 3 is 2.28 bits per heavy atom. The van der Waals surface area contributed by atoms with Crippen molar-refractivity contribution >= 4 is 47.1 Å². The first-order valence-electron chi connectivity index (χ1n) is 12.1. The van der Waals surface area contributed by atoms with Crippen LogP contribution in [0.15, 0.2) is 90.8 Å². The summed E-state index contributed by atoms with van der Waals surface area (Å²) in [6.07, 6.45) is 4.61. The molecular formula is C31H29ClN2O5. The van der Waals surface area contributed by atoms with E-state index in [9.17, 15) is 19.2 Å². The minimum absolute atomic E-state index is 0.204. The first kappa shape index (κ1) is 29.1. The van der Waals surface area contributed by atoms with E-state index in [1.54, 1.807) is 60.6 Å². The standard InChI is InChI=1S/C31H29ClN2O5/c1-21(37)26-14-11-24(32)18-28(26)27(15-16-35)30(39-3)19-34(2)29(17-22-7-5-4-6-8-22)31(38)33-25-12-9-23(20-36)10-13-25/h4-16,18-20,29H,17H2,1-3H3,(H,33,38)/b27-15-,30-19+. The molecule has 1 unspecified atom stereocenters. The number of nitrogens with zero attached hydrogens (tertiary/aromatic N) is 1. The van der Waals surface area contributed by atoms with Gasteiger partial charge in [-0.2, -0.15) is 0 Å². The number of benzene rings is 3. The molecule has 0 saturated heterocycles. The number of rotatable bonds is 12. The van der Waals surface area contributed by atoms with E-state index in [1.807, 2.05) is 30.3 Å². The highest BCUT2D eigenvalue weighted by Crippen LogP contribution is 2.30. The van der Waals surface area contributed by atoms with Crippen molar-refractivity contribution in [2.75, 3.05) is 19.5 Å². The van der Waals surface area contributed by atoms with Gasteiger partial charge in [-0.05, 0) is 66.6 Å². The van der Waals surface area contributed by atoms with Crippen molar-refractivity contribution < 1.29 is 23.9 Å². The zero-order valence-electron chi connectivity index (χ0n) is 21.9. The average molecular weight is 545 g/mol. The van der Waals surface area contributed by atoms with Gasteiger partial charge in [0.25, 0.3) is 0 Å². The van der Waals surface area contributed by atoms with Crippen molar-refractivity contribution in [3.8, 4) is 0 Å². The minimum atomic E-state index is -0.688. The molecule has 1 atom stereocenters. The smallest absolute Gasteiger partial charge is 0.247 e. The van der Waals surface area contributed by atoms with E-state index in [2.05, 4.69) is 5.32 Å². The molecule has 0 aliphatic heterocycles. The van der Waals surface area contributed by atoms with Crippen molar-refractivity contribution in [3.63, 3.8) is 0 Å². The van der Waals surface area contributed by atoms with Crippen molar-refractivity contribution in [2.45, 2.75) is 19.4 Å². The molecule has 3 aromatic rings. The molecule has 8 heteroatoms. The Morgan fingerprint density at radius 2 is 1.69 bits per heavy atom. The van der Waals surface area contributed by atoms with Gasteiger partial charge in [0.15, 0.2) is 5.78 Å². The number of halogens is 1. The van der Waals surface area contributed by atoms with Crippen molar-refractivity contribution in [3.05, 3.63) is 118 Å². The van der Waals surface area contributed by atoms with Crippen LogP contribution in [-0.2, 0) is 20.7 Å². The van der Waals surface area contributed by atoms with E-state index in [0.717, 1.165) is 11.8 Å². The number of allylic oxidation sites excluding steroid dienone is 2. The SMILES string of the molecule is COC(=C/N(C)C(Cc1ccccc1)C(=O)Nc1ccc(C=O)cc1)/C(=C\C=O)c1cc(Cl)ccc1C(C)=O. The Morgan fingerprint density at radius 1 is 1.00 bits per heavy atom. The number of carbonyl (C=O) groups excluding carboxylic acids is 4. The number of methoxy groups -OCH3 is 1. The van der Waals surface area contributed by atoms with Gasteiger partial charge >= 0.3 is 0 Å². The predicted octanol–water partition coefficient (Wildman–Crippen LogP) is 5.61. The third kappa shape index (κ3) is 7.75. The summed E-state index contributed by atoms with van der Waals surface area (Å²) < 4.78 is 5.66. The Balaban J connectivity index is 2.02. The van der Waals surface area contributed by atoms with Gasteiger partial charge in [0.05, 0.1) is 7.11 Å². The van der Waals surface area contributed by atoms with Crippen LogP contribution in [0.1, 0.15) is 38.8 Å². The maximum Gasteiger partial charge on any atom is 0.247 e. The monoisotopic (exact) mass is 544 g/mol. The molecule has 0 spiro atoms. The van der Waals surface area contributed by atoms with E-state index in [-0.39, 0.29) is 17.4 Å². The Labute approximate surface area is 232 Å². The van der Waals surface area contributed by atoms with E-state index < -0.39 is 6.04 Å². The second-order valence-corrected chi connectivity index (χ2v) is 9.20. The Bertz CT molecular complexity index is 1400. The highest BCUT2D eigenvalue weighted by atomic mass is 35.5. The van der Waals surface area contributed by atoms with Gasteiger partial charge in [-0.15, -0.1) is 0 Å². The summed E-state index contributed by atoms with van der Waals surface area (Å²) in [5.74, 6) is -0.236. The van der Waals surface area contributed by atoms with Gasteiger partial charge in [0.1, 0.15) is 24.4 Å². The van der Waals surface area contributed by atoms with E-state index >= 15 is 0 Å². The fourth-order valence-corrected chi connectivity index (χ4v) is 4.23. The molecule has 3 rings (SSSR count). The van der Waals surface area contributed by atoms with Crippen molar-refractivity contribution in [2.24, 2.45) is 0 Å². The molecule has 0 aliphatic rings. The summed E-state index contributed by atoms with van der Waals surface area (Å²) in [5, 5.41) is 3.29. The van der Waals surface area contributed by atoms with Crippen LogP contribution in [0.25, 0.3) is 5.57 Å². The maximum atomic E-state index is 13.5. The van der Waals surface area contributed by atoms with Gasteiger partial charge in [-0.25, -0.2) is 0 Å². The molecule has 0 aliphatic carbocycles. The molecule has 39 heavy (non-hydrogen) atoms. The summed E-state index contributed by atoms with van der Waals surface area (Å²) in [6, 6.07) is 20.2. The number of likely N-dealkylation sites (N-methyl/N-ethyl adjacent to an activating group) is 1. The summed E-state index contributed by atoms with van der Waals surface area (Å²) in [4.78, 5) is 50.1. The number of aldehydes is 2. The highest BCUT2D eigenvalue weighted by molar-refractivity contribution is 6.31. The summed E-state index contributed by atoms with van der Waals surface area (Å²) in [5.41, 5.74) is 3.12. The quantitative estimate of drug-likeness (QED) is 0.105. The molecule has 0 radical (unpaired) electrons. The lowest BCUT2D eigenvalue weighted by molar-refractivity contribution is -0.120. The largest absolute Gasteiger partial charge is 0.495 e. The van der Waals surface area contributed by atoms with E-state index in [1.165, 1.54) is 20.1 Å². The lowest BCUT2D eigenvalue weighted by Gasteiger charge is -2.27. The van der Waals surface area contributed by atoms with Crippen LogP contribution in [0.2, 0.25) is 5.02 Å². The first-order valence-corrected chi connectivity index (χ1v) is 12.5. The van der Waals surface area contributed by atoms with Gasteiger partial charge in [0, 0.05) is 47.1 Å². The molecular weight excluding hydrogens is 516 g/mol. The third-order valence-corrected chi connectivity index (χ3v) is 6.31. The lowest BCUT2D eigenvalue weighted by atomic mass is 9.95. The number of hydrogen-bond donors (Lipinski definition) is 1. The molecule has 0 saturated carbocycles. The summed E-state index contributed by atoms with van der Waals surface area (Å²) >= 11 is 6.23. The normalized spacial score (nSPS) is 12.3. The predicted molar refractivity (Wildman–Crippen MR) is 153 cm³/mol. The Hall–Kier alpha value is -4.49. The van der Waals surface area contributed by atoms with Gasteiger partial charge in [-0.1, -0.05) is 41.9 Å². The molecule has 0 fully saturated rings. The zero-order valence-corrected chi connectivity index (χ0v) is 22.6. The van der Waals surface area contributed by atoms with E-state index in [4.69, 9.17) is 16.3 Å². The summed E-state index contributed by atoms with van der Waals surface area (Å²) in [6.45, 7) is 1.43. The number of amides is 1. The van der Waals surface area contributed by atoms with Crippen LogP contribution in [0, 0.1) is 0 Å². The number of anilines is 1. The first-order chi connectivity index (χ1) is 18.8. The van der Waals surface area contributed by atoms with Crippen LogP contribution < -0.4 is 5.32 Å². The number of nitrogens with one attached hydrogen (secondary N) is 1. The topological polar surface area (TPSA) is 92.8 Å². The van der Waals surface area contributed by atoms with Crippen LogP contribution in [0.4, 0.5) is 5.69 Å². The zero-order chi connectivity index (χ0) is 28.4. The molecule has 1 amide bonds. The molecule has 0 aromatic heterocycles. The van der Waals surface area contributed by atoms with Crippen LogP contribution in [-0.4, -0.2) is 49.4 Å². The number of Topliss-reactive ketones (excluding diaryl/α,β-unsaturated/α-hetero) is 1. The molecule has 0 heterocycles. The lowest BCUT2D eigenvalue weighted by Crippen LogP contribution is -2.41. The highest BCUT2D eigenvalue weighted by Gasteiger charge is 2.24.